The number of nitrogens with zero attached hydrogens (tertiary/aromatic N) is 1. The first-order chi connectivity index (χ1) is 10.9. The summed E-state index contributed by atoms with van der Waals surface area (Å²) in [5.41, 5.74) is 1.21. The molecule has 1 aliphatic carbocycles. The van der Waals surface area contributed by atoms with Gasteiger partial charge in [-0.2, -0.15) is 0 Å². The van der Waals surface area contributed by atoms with E-state index in [4.69, 9.17) is 4.74 Å². The van der Waals surface area contributed by atoms with Gasteiger partial charge in [0.25, 0.3) is 5.91 Å². The number of fused-ring (bicyclic) bond motifs is 1. The summed E-state index contributed by atoms with van der Waals surface area (Å²) in [4.78, 5) is 27.2. The van der Waals surface area contributed by atoms with Gasteiger partial charge in [0.2, 0.25) is 0 Å². The molecule has 6 nitrogen and oxygen atoms in total. The van der Waals surface area contributed by atoms with E-state index in [1.807, 2.05) is 6.07 Å². The molecular weight excluding hydrogens is 338 g/mol. The van der Waals surface area contributed by atoms with Gasteiger partial charge in [-0.05, 0) is 37.3 Å². The Labute approximate surface area is 139 Å². The number of aryl methyl sites for hydroxylation is 2. The molecule has 0 unspecified atom stereocenters. The largest absolute Gasteiger partial charge is 0.451 e. The first-order valence-electron chi connectivity index (χ1n) is 7.60. The van der Waals surface area contributed by atoms with Crippen molar-refractivity contribution in [2.45, 2.75) is 31.7 Å². The summed E-state index contributed by atoms with van der Waals surface area (Å²) in [6.07, 6.45) is 3.57. The van der Waals surface area contributed by atoms with Gasteiger partial charge in [0, 0.05) is 18.0 Å². The van der Waals surface area contributed by atoms with Crippen molar-refractivity contribution in [3.8, 4) is 0 Å². The zero-order valence-corrected chi connectivity index (χ0v) is 14.5. The van der Waals surface area contributed by atoms with E-state index in [1.165, 1.54) is 26.7 Å². The van der Waals surface area contributed by atoms with Gasteiger partial charge in [0.15, 0.2) is 16.4 Å². The quantitative estimate of drug-likeness (QED) is 0.752. The summed E-state index contributed by atoms with van der Waals surface area (Å²) in [7, 11) is -1.49. The van der Waals surface area contributed by atoms with E-state index in [-0.39, 0.29) is 30.1 Å². The number of carbonyl (C=O) groups is 2. The standard InChI is InChI=1S/C15H19NO5S2/c1-16(11-5-6-23(19,20)9-11)14(17)8-21-15(18)13-7-10-3-2-4-12(10)22-13/h7,11H,2-6,8-9H2,1H3/t11-/m0/s1. The molecule has 1 aromatic rings. The highest BCUT2D eigenvalue weighted by molar-refractivity contribution is 7.91. The highest BCUT2D eigenvalue weighted by Crippen LogP contribution is 2.30. The lowest BCUT2D eigenvalue weighted by Crippen LogP contribution is -2.40. The van der Waals surface area contributed by atoms with Crippen LogP contribution in [0, 0.1) is 0 Å². The molecule has 0 bridgehead atoms. The number of hydrogen-bond acceptors (Lipinski definition) is 6. The summed E-state index contributed by atoms with van der Waals surface area (Å²) in [6.45, 7) is -0.353. The Balaban J connectivity index is 1.53. The molecule has 0 saturated carbocycles. The summed E-state index contributed by atoms with van der Waals surface area (Å²) in [5.74, 6) is -0.758. The molecule has 1 aliphatic heterocycles. The van der Waals surface area contributed by atoms with Gasteiger partial charge >= 0.3 is 5.97 Å². The molecule has 0 radical (unpaired) electrons. The predicted octanol–water partition coefficient (Wildman–Crippen LogP) is 1.04. The van der Waals surface area contributed by atoms with Crippen molar-refractivity contribution >= 4 is 33.1 Å². The highest BCUT2D eigenvalue weighted by atomic mass is 32.2. The second-order valence-electron chi connectivity index (χ2n) is 6.05. The van der Waals surface area contributed by atoms with E-state index in [0.717, 1.165) is 19.3 Å². The molecule has 23 heavy (non-hydrogen) atoms. The maximum absolute atomic E-state index is 12.1. The van der Waals surface area contributed by atoms with Crippen LogP contribution in [0.1, 0.15) is 33.0 Å². The number of likely N-dealkylation sites (N-methyl/N-ethyl adjacent to an activating group) is 1. The van der Waals surface area contributed by atoms with Crippen molar-refractivity contribution in [3.63, 3.8) is 0 Å². The van der Waals surface area contributed by atoms with Crippen LogP contribution in [0.15, 0.2) is 6.07 Å². The van der Waals surface area contributed by atoms with E-state index in [9.17, 15) is 18.0 Å². The van der Waals surface area contributed by atoms with Crippen molar-refractivity contribution in [1.29, 1.82) is 0 Å². The Morgan fingerprint density at radius 1 is 1.39 bits per heavy atom. The van der Waals surface area contributed by atoms with Crippen LogP contribution >= 0.6 is 11.3 Å². The Hall–Kier alpha value is -1.41. The molecule has 1 aromatic heterocycles. The number of esters is 1. The van der Waals surface area contributed by atoms with Crippen LogP contribution in [0.2, 0.25) is 0 Å². The topological polar surface area (TPSA) is 80.8 Å². The average Bonchev–Trinajstić information content (AvgIpc) is 3.17. The molecule has 126 valence electrons. The van der Waals surface area contributed by atoms with Crippen LogP contribution in [-0.2, 0) is 32.2 Å². The lowest BCUT2D eigenvalue weighted by molar-refractivity contribution is -0.134. The average molecular weight is 357 g/mol. The first-order valence-corrected chi connectivity index (χ1v) is 10.2. The third-order valence-corrected chi connectivity index (χ3v) is 7.39. The van der Waals surface area contributed by atoms with Crippen molar-refractivity contribution in [3.05, 3.63) is 21.4 Å². The molecule has 0 aromatic carbocycles. The summed E-state index contributed by atoms with van der Waals surface area (Å²) < 4.78 is 28.0. The van der Waals surface area contributed by atoms with E-state index in [1.54, 1.807) is 7.05 Å². The summed E-state index contributed by atoms with van der Waals surface area (Å²) >= 11 is 1.44. The van der Waals surface area contributed by atoms with Crippen molar-refractivity contribution in [1.82, 2.24) is 4.90 Å². The third kappa shape index (κ3) is 3.58. The molecular formula is C15H19NO5S2. The van der Waals surface area contributed by atoms with Crippen LogP contribution < -0.4 is 0 Å². The zero-order valence-electron chi connectivity index (χ0n) is 12.9. The van der Waals surface area contributed by atoms with Crippen LogP contribution in [0.25, 0.3) is 0 Å². The maximum Gasteiger partial charge on any atom is 0.348 e. The van der Waals surface area contributed by atoms with Crippen molar-refractivity contribution in [2.24, 2.45) is 0 Å². The van der Waals surface area contributed by atoms with Crippen molar-refractivity contribution < 1.29 is 22.7 Å². The molecule has 2 aliphatic rings. The van der Waals surface area contributed by atoms with Gasteiger partial charge in [0.05, 0.1) is 11.5 Å². The second kappa shape index (κ2) is 6.24. The van der Waals surface area contributed by atoms with Gasteiger partial charge in [-0.25, -0.2) is 13.2 Å². The molecule has 1 amide bonds. The fourth-order valence-corrected chi connectivity index (χ4v) is 5.94. The van der Waals surface area contributed by atoms with E-state index in [0.29, 0.717) is 11.3 Å². The molecule has 1 saturated heterocycles. The lowest BCUT2D eigenvalue weighted by Gasteiger charge is -2.23. The fraction of sp³-hybridized carbons (Fsp3) is 0.600. The van der Waals surface area contributed by atoms with Gasteiger partial charge in [0.1, 0.15) is 4.88 Å². The number of sulfone groups is 1. The van der Waals surface area contributed by atoms with E-state index >= 15 is 0 Å². The van der Waals surface area contributed by atoms with Gasteiger partial charge in [-0.3, -0.25) is 4.79 Å². The Kier molecular flexibility index (Phi) is 4.46. The third-order valence-electron chi connectivity index (χ3n) is 4.42. The van der Waals surface area contributed by atoms with E-state index in [2.05, 4.69) is 0 Å². The van der Waals surface area contributed by atoms with Crippen LogP contribution in [-0.4, -0.2) is 56.4 Å². The lowest BCUT2D eigenvalue weighted by atomic mass is 10.2. The summed E-state index contributed by atoms with van der Waals surface area (Å²) in [6, 6.07) is 1.53. The Morgan fingerprint density at radius 2 is 2.17 bits per heavy atom. The monoisotopic (exact) mass is 357 g/mol. The Morgan fingerprint density at radius 3 is 2.83 bits per heavy atom. The number of hydrogen-bond donors (Lipinski definition) is 0. The van der Waals surface area contributed by atoms with Gasteiger partial charge in [-0.1, -0.05) is 0 Å². The smallest absolute Gasteiger partial charge is 0.348 e. The predicted molar refractivity (Wildman–Crippen MR) is 86.5 cm³/mol. The van der Waals surface area contributed by atoms with Crippen molar-refractivity contribution in [2.75, 3.05) is 25.2 Å². The van der Waals surface area contributed by atoms with Crippen LogP contribution in [0.5, 0.6) is 0 Å². The molecule has 0 spiro atoms. The van der Waals surface area contributed by atoms with E-state index < -0.39 is 15.8 Å². The molecule has 8 heteroatoms. The minimum atomic E-state index is -3.05. The van der Waals surface area contributed by atoms with Gasteiger partial charge < -0.3 is 9.64 Å². The molecule has 0 N–H and O–H groups in total. The number of thiophene rings is 1. The zero-order chi connectivity index (χ0) is 16.6. The maximum atomic E-state index is 12.1. The molecule has 1 atom stereocenters. The number of ether oxygens (including phenoxy) is 1. The number of carbonyl (C=O) groups excluding carboxylic acids is 2. The van der Waals surface area contributed by atoms with Crippen LogP contribution in [0.4, 0.5) is 0 Å². The highest BCUT2D eigenvalue weighted by Gasteiger charge is 2.33. The summed E-state index contributed by atoms with van der Waals surface area (Å²) in [5, 5.41) is 0. The number of rotatable bonds is 4. The SMILES string of the molecule is CN(C(=O)COC(=O)c1cc2c(s1)CCC2)[C@H]1CCS(=O)(=O)C1. The molecule has 2 heterocycles. The molecule has 3 rings (SSSR count). The first kappa shape index (κ1) is 16.4. The minimum Gasteiger partial charge on any atom is -0.451 e. The second-order valence-corrected chi connectivity index (χ2v) is 9.42. The minimum absolute atomic E-state index is 0.0131. The van der Waals surface area contributed by atoms with Gasteiger partial charge in [-0.15, -0.1) is 11.3 Å². The normalized spacial score (nSPS) is 21.9. The fourth-order valence-electron chi connectivity index (χ4n) is 3.01. The number of amides is 1. The Bertz CT molecular complexity index is 716. The molecule has 1 fully saturated rings. The van der Waals surface area contributed by atoms with Crippen LogP contribution in [0.3, 0.4) is 0 Å².